The molecule has 1 aromatic heterocycles. The van der Waals surface area contributed by atoms with E-state index in [-0.39, 0.29) is 5.82 Å². The molecule has 0 amide bonds. The second kappa shape index (κ2) is 4.85. The largest absolute Gasteiger partial charge is 0.330 e. The smallest absolute Gasteiger partial charge is 0.149 e. The minimum atomic E-state index is -0.324. The van der Waals surface area contributed by atoms with Gasteiger partial charge in [0.05, 0.1) is 10.7 Å². The van der Waals surface area contributed by atoms with Crippen LogP contribution in [-0.2, 0) is 6.42 Å². The van der Waals surface area contributed by atoms with Crippen LogP contribution in [0.5, 0.6) is 0 Å². The Morgan fingerprint density at radius 2 is 2.24 bits per heavy atom. The fraction of sp³-hybridized carbons (Fsp3) is 0.250. The van der Waals surface area contributed by atoms with Gasteiger partial charge in [-0.1, -0.05) is 17.7 Å². The first-order chi connectivity index (χ1) is 8.11. The molecular weight excluding hydrogens is 241 g/mol. The molecule has 2 aromatic rings. The number of hydrogen-bond acceptors (Lipinski definition) is 2. The van der Waals surface area contributed by atoms with Crippen LogP contribution in [-0.4, -0.2) is 16.3 Å². The van der Waals surface area contributed by atoms with Gasteiger partial charge in [0.2, 0.25) is 0 Å². The summed E-state index contributed by atoms with van der Waals surface area (Å²) in [6.07, 6.45) is 2.26. The number of nitrogens with two attached hydrogens (primary N) is 1. The summed E-state index contributed by atoms with van der Waals surface area (Å²) in [5, 5.41) is 4.66. The second-order valence-electron chi connectivity index (χ2n) is 3.83. The van der Waals surface area contributed by atoms with Crippen LogP contribution in [0.25, 0.3) is 5.69 Å². The molecule has 2 rings (SSSR count). The molecule has 0 atom stereocenters. The lowest BCUT2D eigenvalue weighted by Crippen LogP contribution is -2.04. The topological polar surface area (TPSA) is 43.8 Å². The highest BCUT2D eigenvalue weighted by Gasteiger charge is 2.09. The molecule has 0 fully saturated rings. The minimum Gasteiger partial charge on any atom is -0.330 e. The normalized spacial score (nSPS) is 10.8. The van der Waals surface area contributed by atoms with Crippen molar-refractivity contribution in [3.63, 3.8) is 0 Å². The third-order valence-electron chi connectivity index (χ3n) is 2.53. The van der Waals surface area contributed by atoms with Crippen molar-refractivity contribution in [1.29, 1.82) is 0 Å². The van der Waals surface area contributed by atoms with Crippen molar-refractivity contribution in [3.05, 3.63) is 46.5 Å². The van der Waals surface area contributed by atoms with Crippen molar-refractivity contribution in [2.24, 2.45) is 5.73 Å². The molecule has 1 heterocycles. The Balaban J connectivity index is 2.39. The standard InChI is InChI=1S/C12H13ClFN3/c1-8-10(13)7-17(16-8)12-3-2-9(4-5-15)6-11(12)14/h2-3,6-7H,4-5,15H2,1H3. The molecule has 0 saturated carbocycles. The van der Waals surface area contributed by atoms with E-state index in [1.54, 1.807) is 19.2 Å². The fourth-order valence-corrected chi connectivity index (χ4v) is 1.75. The number of halogens is 2. The van der Waals surface area contributed by atoms with Crippen molar-refractivity contribution in [2.45, 2.75) is 13.3 Å². The Morgan fingerprint density at radius 1 is 1.47 bits per heavy atom. The lowest BCUT2D eigenvalue weighted by molar-refractivity contribution is 0.608. The summed E-state index contributed by atoms with van der Waals surface area (Å²) in [4.78, 5) is 0. The predicted molar refractivity (Wildman–Crippen MR) is 66.0 cm³/mol. The lowest BCUT2D eigenvalue weighted by Gasteiger charge is -2.05. The molecule has 1 aromatic carbocycles. The highest BCUT2D eigenvalue weighted by molar-refractivity contribution is 6.31. The maximum absolute atomic E-state index is 13.9. The molecule has 0 saturated heterocycles. The van der Waals surface area contributed by atoms with Gasteiger partial charge in [-0.3, -0.25) is 0 Å². The summed E-state index contributed by atoms with van der Waals surface area (Å²) in [7, 11) is 0. The number of nitrogens with zero attached hydrogens (tertiary/aromatic N) is 2. The predicted octanol–water partition coefficient (Wildman–Crippen LogP) is 2.47. The summed E-state index contributed by atoms with van der Waals surface area (Å²) >= 11 is 5.89. The first kappa shape index (κ1) is 12.1. The summed E-state index contributed by atoms with van der Waals surface area (Å²) < 4.78 is 15.3. The van der Waals surface area contributed by atoms with Crippen molar-refractivity contribution in [3.8, 4) is 5.69 Å². The van der Waals surface area contributed by atoms with Crippen LogP contribution in [0.2, 0.25) is 5.02 Å². The Bertz CT molecular complexity index is 517. The molecule has 5 heteroatoms. The van der Waals surface area contributed by atoms with Crippen molar-refractivity contribution in [1.82, 2.24) is 9.78 Å². The van der Waals surface area contributed by atoms with Crippen LogP contribution in [0.1, 0.15) is 11.3 Å². The van der Waals surface area contributed by atoms with E-state index in [0.29, 0.717) is 29.4 Å². The third-order valence-corrected chi connectivity index (χ3v) is 2.90. The zero-order chi connectivity index (χ0) is 12.4. The van der Waals surface area contributed by atoms with E-state index in [9.17, 15) is 4.39 Å². The first-order valence-electron chi connectivity index (χ1n) is 5.32. The number of rotatable bonds is 3. The maximum atomic E-state index is 13.9. The zero-order valence-corrected chi connectivity index (χ0v) is 10.2. The van der Waals surface area contributed by atoms with Gasteiger partial charge in [-0.05, 0) is 37.6 Å². The molecular formula is C12H13ClFN3. The second-order valence-corrected chi connectivity index (χ2v) is 4.24. The first-order valence-corrected chi connectivity index (χ1v) is 5.70. The molecule has 0 aliphatic heterocycles. The van der Waals surface area contributed by atoms with Gasteiger partial charge in [0.1, 0.15) is 11.5 Å². The fourth-order valence-electron chi connectivity index (χ4n) is 1.62. The third kappa shape index (κ3) is 2.48. The van der Waals surface area contributed by atoms with Crippen molar-refractivity contribution >= 4 is 11.6 Å². The van der Waals surface area contributed by atoms with Gasteiger partial charge in [0, 0.05) is 6.20 Å². The van der Waals surface area contributed by atoms with E-state index in [4.69, 9.17) is 17.3 Å². The van der Waals surface area contributed by atoms with E-state index in [0.717, 1.165) is 5.56 Å². The van der Waals surface area contributed by atoms with Crippen LogP contribution in [0, 0.1) is 12.7 Å². The molecule has 90 valence electrons. The SMILES string of the molecule is Cc1nn(-c2ccc(CCN)cc2F)cc1Cl. The van der Waals surface area contributed by atoms with E-state index in [1.165, 1.54) is 10.7 Å². The van der Waals surface area contributed by atoms with Crippen molar-refractivity contribution < 1.29 is 4.39 Å². The van der Waals surface area contributed by atoms with Gasteiger partial charge in [0.15, 0.2) is 0 Å². The van der Waals surface area contributed by atoms with Crippen LogP contribution < -0.4 is 5.73 Å². The summed E-state index contributed by atoms with van der Waals surface area (Å²) in [6, 6.07) is 5.01. The highest BCUT2D eigenvalue weighted by atomic mass is 35.5. The summed E-state index contributed by atoms with van der Waals surface area (Å²) in [5.74, 6) is -0.324. The molecule has 0 aliphatic rings. The number of hydrogen-bond donors (Lipinski definition) is 1. The summed E-state index contributed by atoms with van der Waals surface area (Å²) in [5.41, 5.74) is 7.37. The Morgan fingerprint density at radius 3 is 2.76 bits per heavy atom. The van der Waals surface area contributed by atoms with Crippen LogP contribution in [0.15, 0.2) is 24.4 Å². The number of aromatic nitrogens is 2. The van der Waals surface area contributed by atoms with E-state index in [2.05, 4.69) is 5.10 Å². The van der Waals surface area contributed by atoms with Gasteiger partial charge < -0.3 is 5.73 Å². The monoisotopic (exact) mass is 253 g/mol. The van der Waals surface area contributed by atoms with Crippen LogP contribution in [0.3, 0.4) is 0 Å². The van der Waals surface area contributed by atoms with Gasteiger partial charge in [-0.2, -0.15) is 5.10 Å². The maximum Gasteiger partial charge on any atom is 0.149 e. The molecule has 0 spiro atoms. The highest BCUT2D eigenvalue weighted by Crippen LogP contribution is 2.19. The average Bonchev–Trinajstić information content (AvgIpc) is 2.59. The van der Waals surface area contributed by atoms with E-state index in [1.807, 2.05) is 6.07 Å². The van der Waals surface area contributed by atoms with Crippen LogP contribution in [0.4, 0.5) is 4.39 Å². The molecule has 3 nitrogen and oxygen atoms in total. The van der Waals surface area contributed by atoms with Crippen LogP contribution >= 0.6 is 11.6 Å². The van der Waals surface area contributed by atoms with E-state index >= 15 is 0 Å². The zero-order valence-electron chi connectivity index (χ0n) is 9.45. The molecule has 0 unspecified atom stereocenters. The van der Waals surface area contributed by atoms with Gasteiger partial charge in [-0.25, -0.2) is 9.07 Å². The Labute approximate surface area is 104 Å². The van der Waals surface area contributed by atoms with Gasteiger partial charge in [0.25, 0.3) is 0 Å². The Kier molecular flexibility index (Phi) is 3.45. The van der Waals surface area contributed by atoms with Gasteiger partial charge >= 0.3 is 0 Å². The van der Waals surface area contributed by atoms with E-state index < -0.39 is 0 Å². The lowest BCUT2D eigenvalue weighted by atomic mass is 10.1. The molecule has 0 radical (unpaired) electrons. The Hall–Kier alpha value is -1.39. The number of aryl methyl sites for hydroxylation is 1. The number of benzene rings is 1. The molecule has 2 N–H and O–H groups in total. The quantitative estimate of drug-likeness (QED) is 0.913. The van der Waals surface area contributed by atoms with Gasteiger partial charge in [-0.15, -0.1) is 0 Å². The minimum absolute atomic E-state index is 0.324. The average molecular weight is 254 g/mol. The molecule has 0 bridgehead atoms. The molecule has 0 aliphatic carbocycles. The summed E-state index contributed by atoms with van der Waals surface area (Å²) in [6.45, 7) is 2.28. The van der Waals surface area contributed by atoms with Crippen molar-refractivity contribution in [2.75, 3.05) is 6.54 Å². The molecule has 17 heavy (non-hydrogen) atoms.